The molecule has 0 saturated carbocycles. The maximum absolute atomic E-state index is 12.0. The lowest BCUT2D eigenvalue weighted by Crippen LogP contribution is -2.28. The van der Waals surface area contributed by atoms with E-state index in [0.717, 1.165) is 50.4 Å². The molecule has 0 aromatic heterocycles. The molecule has 0 amide bonds. The van der Waals surface area contributed by atoms with Gasteiger partial charge in [0.05, 0.1) is 6.61 Å². The molecule has 5 heteroatoms. The molecule has 0 saturated heterocycles. The SMILES string of the molecule is CCC(C)CCCCCCCCCCCCC(=O)OC[C@H](CO)OC(=O)CCCCCCCCCC(C)C. The number of hydrogen-bond donors (Lipinski definition) is 1. The smallest absolute Gasteiger partial charge is 0.306 e. The van der Waals surface area contributed by atoms with Crippen LogP contribution >= 0.6 is 0 Å². The Morgan fingerprint density at radius 1 is 0.605 bits per heavy atom. The minimum absolute atomic E-state index is 0.0607. The third kappa shape index (κ3) is 26.5. The number of rotatable bonds is 28. The molecular formula is C33H64O5. The van der Waals surface area contributed by atoms with Gasteiger partial charge in [0.25, 0.3) is 0 Å². The average Bonchev–Trinajstić information content (AvgIpc) is 2.90. The first-order valence-corrected chi connectivity index (χ1v) is 16.3. The van der Waals surface area contributed by atoms with Gasteiger partial charge in [-0.05, 0) is 24.7 Å². The maximum atomic E-state index is 12.0. The summed E-state index contributed by atoms with van der Waals surface area (Å²) in [5.74, 6) is 1.08. The molecule has 0 rings (SSSR count). The second-order valence-electron chi connectivity index (χ2n) is 12.0. The van der Waals surface area contributed by atoms with Crippen molar-refractivity contribution >= 4 is 11.9 Å². The molecule has 0 fully saturated rings. The minimum Gasteiger partial charge on any atom is -0.462 e. The van der Waals surface area contributed by atoms with Crippen molar-refractivity contribution in [1.29, 1.82) is 0 Å². The molecule has 1 N–H and O–H groups in total. The van der Waals surface area contributed by atoms with Crippen LogP contribution in [-0.2, 0) is 19.1 Å². The van der Waals surface area contributed by atoms with Crippen molar-refractivity contribution in [3.8, 4) is 0 Å². The molecule has 0 aliphatic rings. The molecule has 0 spiro atoms. The maximum Gasteiger partial charge on any atom is 0.306 e. The zero-order valence-electron chi connectivity index (χ0n) is 25.8. The fraction of sp³-hybridized carbons (Fsp3) is 0.939. The fourth-order valence-corrected chi connectivity index (χ4v) is 4.71. The van der Waals surface area contributed by atoms with Crippen molar-refractivity contribution in [3.63, 3.8) is 0 Å². The fourth-order valence-electron chi connectivity index (χ4n) is 4.71. The normalized spacial score (nSPS) is 13.0. The summed E-state index contributed by atoms with van der Waals surface area (Å²) in [5.41, 5.74) is 0. The van der Waals surface area contributed by atoms with Crippen LogP contribution < -0.4 is 0 Å². The highest BCUT2D eigenvalue weighted by atomic mass is 16.6. The van der Waals surface area contributed by atoms with Crippen molar-refractivity contribution in [2.45, 2.75) is 175 Å². The van der Waals surface area contributed by atoms with Gasteiger partial charge in [0.15, 0.2) is 6.10 Å². The minimum atomic E-state index is -0.762. The van der Waals surface area contributed by atoms with Gasteiger partial charge in [-0.2, -0.15) is 0 Å². The van der Waals surface area contributed by atoms with Crippen LogP contribution in [0.1, 0.15) is 169 Å². The number of aliphatic hydroxyl groups excluding tert-OH is 1. The van der Waals surface area contributed by atoms with Gasteiger partial charge in [-0.15, -0.1) is 0 Å². The lowest BCUT2D eigenvalue weighted by atomic mass is 9.99. The van der Waals surface area contributed by atoms with E-state index in [1.807, 2.05) is 0 Å². The van der Waals surface area contributed by atoms with Gasteiger partial charge >= 0.3 is 11.9 Å². The third-order valence-electron chi connectivity index (χ3n) is 7.62. The molecule has 1 unspecified atom stereocenters. The lowest BCUT2D eigenvalue weighted by Gasteiger charge is -2.15. The van der Waals surface area contributed by atoms with Crippen molar-refractivity contribution in [2.75, 3.05) is 13.2 Å². The monoisotopic (exact) mass is 540 g/mol. The van der Waals surface area contributed by atoms with Gasteiger partial charge in [-0.25, -0.2) is 0 Å². The van der Waals surface area contributed by atoms with Crippen LogP contribution in [0.2, 0.25) is 0 Å². The highest BCUT2D eigenvalue weighted by Crippen LogP contribution is 2.16. The molecule has 0 aliphatic carbocycles. The van der Waals surface area contributed by atoms with Gasteiger partial charge in [0.2, 0.25) is 0 Å². The number of esters is 2. The van der Waals surface area contributed by atoms with Gasteiger partial charge < -0.3 is 14.6 Å². The summed E-state index contributed by atoms with van der Waals surface area (Å²) in [6.45, 7) is 8.78. The van der Waals surface area contributed by atoms with Crippen molar-refractivity contribution in [1.82, 2.24) is 0 Å². The Kier molecular flexibility index (Phi) is 26.7. The summed E-state index contributed by atoms with van der Waals surface area (Å²) < 4.78 is 10.5. The van der Waals surface area contributed by atoms with Gasteiger partial charge in [0.1, 0.15) is 6.61 Å². The Morgan fingerprint density at radius 2 is 1.03 bits per heavy atom. The Bertz CT molecular complexity index is 533. The summed E-state index contributed by atoms with van der Waals surface area (Å²) in [4.78, 5) is 24.0. The molecule has 38 heavy (non-hydrogen) atoms. The number of carbonyl (C=O) groups is 2. The van der Waals surface area contributed by atoms with Crippen LogP contribution in [0.5, 0.6) is 0 Å². The van der Waals surface area contributed by atoms with Gasteiger partial charge in [-0.1, -0.05) is 143 Å². The van der Waals surface area contributed by atoms with E-state index < -0.39 is 6.10 Å². The van der Waals surface area contributed by atoms with E-state index in [1.165, 1.54) is 89.9 Å². The van der Waals surface area contributed by atoms with Crippen molar-refractivity contribution in [2.24, 2.45) is 11.8 Å². The quantitative estimate of drug-likeness (QED) is 0.0790. The number of carbonyl (C=O) groups excluding carboxylic acids is 2. The van der Waals surface area contributed by atoms with Crippen LogP contribution in [0, 0.1) is 11.8 Å². The van der Waals surface area contributed by atoms with Crippen LogP contribution in [0.4, 0.5) is 0 Å². The molecule has 226 valence electrons. The van der Waals surface area contributed by atoms with E-state index in [4.69, 9.17) is 9.47 Å². The van der Waals surface area contributed by atoms with Crippen LogP contribution in [0.25, 0.3) is 0 Å². The Morgan fingerprint density at radius 3 is 1.47 bits per heavy atom. The Balaban J connectivity index is 3.57. The predicted octanol–water partition coefficient (Wildman–Crippen LogP) is 9.33. The second-order valence-corrected chi connectivity index (χ2v) is 12.0. The topological polar surface area (TPSA) is 72.8 Å². The molecule has 0 radical (unpaired) electrons. The summed E-state index contributed by atoms with van der Waals surface area (Å²) in [6, 6.07) is 0. The van der Waals surface area contributed by atoms with Crippen LogP contribution in [0.3, 0.4) is 0 Å². The highest BCUT2D eigenvalue weighted by Gasteiger charge is 2.16. The molecule has 0 aliphatic heterocycles. The van der Waals surface area contributed by atoms with E-state index in [2.05, 4.69) is 27.7 Å². The first kappa shape index (κ1) is 36.9. The Hall–Kier alpha value is -1.10. The van der Waals surface area contributed by atoms with E-state index in [0.29, 0.717) is 12.8 Å². The van der Waals surface area contributed by atoms with Crippen LogP contribution in [-0.4, -0.2) is 36.4 Å². The zero-order valence-corrected chi connectivity index (χ0v) is 25.8. The first-order valence-electron chi connectivity index (χ1n) is 16.3. The van der Waals surface area contributed by atoms with E-state index in [-0.39, 0.29) is 25.2 Å². The van der Waals surface area contributed by atoms with Gasteiger partial charge in [-0.3, -0.25) is 9.59 Å². The van der Waals surface area contributed by atoms with Crippen LogP contribution in [0.15, 0.2) is 0 Å². The number of unbranched alkanes of at least 4 members (excludes halogenated alkanes) is 15. The molecule has 0 heterocycles. The number of hydrogen-bond acceptors (Lipinski definition) is 5. The largest absolute Gasteiger partial charge is 0.462 e. The number of ether oxygens (including phenoxy) is 2. The third-order valence-corrected chi connectivity index (χ3v) is 7.62. The highest BCUT2D eigenvalue weighted by molar-refractivity contribution is 5.70. The van der Waals surface area contributed by atoms with E-state index in [9.17, 15) is 14.7 Å². The average molecular weight is 541 g/mol. The second kappa shape index (κ2) is 27.5. The van der Waals surface area contributed by atoms with Gasteiger partial charge in [0, 0.05) is 12.8 Å². The summed E-state index contributed by atoms with van der Waals surface area (Å²) >= 11 is 0. The standard InChI is InChI=1S/C33H64O5/c1-5-30(4)24-20-16-12-8-6-7-9-13-17-21-25-32(35)37-28-31(27-34)38-33(36)26-22-18-14-10-11-15-19-23-29(2)3/h29-31,34H,5-28H2,1-4H3/t30?,31-/m0/s1. The molecule has 0 aromatic carbocycles. The molecule has 2 atom stereocenters. The van der Waals surface area contributed by atoms with Crippen molar-refractivity contribution in [3.05, 3.63) is 0 Å². The predicted molar refractivity (Wildman–Crippen MR) is 159 cm³/mol. The summed E-state index contributed by atoms with van der Waals surface area (Å²) in [6.07, 6.45) is 24.4. The molecule has 0 bridgehead atoms. The zero-order chi connectivity index (χ0) is 28.3. The Labute approximate surface area is 236 Å². The van der Waals surface area contributed by atoms with E-state index in [1.54, 1.807) is 0 Å². The lowest BCUT2D eigenvalue weighted by molar-refractivity contribution is -0.161. The van der Waals surface area contributed by atoms with E-state index >= 15 is 0 Å². The first-order chi connectivity index (χ1) is 18.4. The molecule has 0 aromatic rings. The van der Waals surface area contributed by atoms with Crippen molar-refractivity contribution < 1.29 is 24.2 Å². The number of aliphatic hydroxyl groups is 1. The summed E-state index contributed by atoms with van der Waals surface area (Å²) in [7, 11) is 0. The molecule has 5 nitrogen and oxygen atoms in total. The summed E-state index contributed by atoms with van der Waals surface area (Å²) in [5, 5.41) is 9.48. The molecular weight excluding hydrogens is 476 g/mol.